The van der Waals surface area contributed by atoms with Crippen molar-refractivity contribution in [2.75, 3.05) is 0 Å². The van der Waals surface area contributed by atoms with Crippen molar-refractivity contribution in [2.45, 2.75) is 52.4 Å². The van der Waals surface area contributed by atoms with Crippen LogP contribution in [-0.4, -0.2) is 45.5 Å². The third-order valence-corrected chi connectivity index (χ3v) is 3.10. The molecule has 0 spiro atoms. The SMILES string of the molecule is CCCC[c-]1cccc1.CCCC[c-]1cccc1.[Sr+2]. The van der Waals surface area contributed by atoms with Crippen molar-refractivity contribution in [3.63, 3.8) is 0 Å². The molecule has 0 nitrogen and oxygen atoms in total. The predicted molar refractivity (Wildman–Crippen MR) is 87.0 cm³/mol. The van der Waals surface area contributed by atoms with Gasteiger partial charge in [-0.15, -0.1) is 0 Å². The van der Waals surface area contributed by atoms with Crippen LogP contribution in [0.15, 0.2) is 48.5 Å². The normalized spacial score (nSPS) is 9.37. The molecule has 0 aliphatic carbocycles. The van der Waals surface area contributed by atoms with E-state index in [0.717, 1.165) is 0 Å². The van der Waals surface area contributed by atoms with Gasteiger partial charge in [0.15, 0.2) is 0 Å². The monoisotopic (exact) mass is 330 g/mol. The van der Waals surface area contributed by atoms with E-state index in [2.05, 4.69) is 62.4 Å². The molecule has 0 bridgehead atoms. The van der Waals surface area contributed by atoms with Crippen molar-refractivity contribution < 1.29 is 0 Å². The number of hydrogen-bond donors (Lipinski definition) is 0. The summed E-state index contributed by atoms with van der Waals surface area (Å²) in [6.45, 7) is 4.45. The molecule has 0 saturated heterocycles. The number of unbranched alkanes of at least 4 members (excludes halogenated alkanes) is 2. The summed E-state index contributed by atoms with van der Waals surface area (Å²) >= 11 is 0. The topological polar surface area (TPSA) is 0 Å². The molecule has 1 heteroatoms. The first-order chi connectivity index (χ1) is 8.86. The molecule has 100 valence electrons. The van der Waals surface area contributed by atoms with Crippen molar-refractivity contribution >= 4 is 45.5 Å². The molecule has 0 aromatic heterocycles. The van der Waals surface area contributed by atoms with Gasteiger partial charge in [0.2, 0.25) is 0 Å². The fourth-order valence-corrected chi connectivity index (χ4v) is 1.92. The molecular weight excluding hydrogens is 304 g/mol. The van der Waals surface area contributed by atoms with E-state index in [-0.39, 0.29) is 45.5 Å². The Hall–Kier alpha value is 0.181. The van der Waals surface area contributed by atoms with E-state index in [9.17, 15) is 0 Å². The van der Waals surface area contributed by atoms with E-state index < -0.39 is 0 Å². The van der Waals surface area contributed by atoms with Crippen LogP contribution < -0.4 is 0 Å². The molecule has 0 amide bonds. The Balaban J connectivity index is 0.000000324. The Kier molecular flexibility index (Phi) is 13.3. The maximum atomic E-state index is 2.23. The first-order valence-corrected chi connectivity index (χ1v) is 7.28. The van der Waals surface area contributed by atoms with Crippen molar-refractivity contribution in [1.29, 1.82) is 0 Å². The maximum absolute atomic E-state index is 2.23. The van der Waals surface area contributed by atoms with Crippen molar-refractivity contribution in [3.8, 4) is 0 Å². The van der Waals surface area contributed by atoms with E-state index >= 15 is 0 Å². The van der Waals surface area contributed by atoms with Crippen LogP contribution in [0, 0.1) is 0 Å². The van der Waals surface area contributed by atoms with Gasteiger partial charge in [-0.25, -0.2) is 24.3 Å². The minimum Gasteiger partial charge on any atom is -0.213 e. The summed E-state index contributed by atoms with van der Waals surface area (Å²) in [7, 11) is 0. The maximum Gasteiger partial charge on any atom is 2.00 e. The summed E-state index contributed by atoms with van der Waals surface area (Å²) in [4.78, 5) is 0. The van der Waals surface area contributed by atoms with Gasteiger partial charge in [-0.05, 0) is 0 Å². The molecule has 19 heavy (non-hydrogen) atoms. The second kappa shape index (κ2) is 13.2. The van der Waals surface area contributed by atoms with Gasteiger partial charge in [-0.2, -0.15) is 35.4 Å². The molecule has 0 saturated carbocycles. The standard InChI is InChI=1S/2C9H13.Sr/c2*1-2-3-6-9-7-4-5-8-9;/h2*4-5,7-8H,2-3,6H2,1H3;/q2*-1;+2. The van der Waals surface area contributed by atoms with Crippen molar-refractivity contribution in [3.05, 3.63) is 59.7 Å². The average molecular weight is 330 g/mol. The summed E-state index contributed by atoms with van der Waals surface area (Å²) in [5.41, 5.74) is 2.97. The van der Waals surface area contributed by atoms with E-state index in [4.69, 9.17) is 0 Å². The summed E-state index contributed by atoms with van der Waals surface area (Å²) < 4.78 is 0. The van der Waals surface area contributed by atoms with Gasteiger partial charge < -0.3 is 0 Å². The molecule has 0 radical (unpaired) electrons. The van der Waals surface area contributed by atoms with Crippen LogP contribution in [0.2, 0.25) is 0 Å². The van der Waals surface area contributed by atoms with Gasteiger partial charge in [0.1, 0.15) is 0 Å². The fourth-order valence-electron chi connectivity index (χ4n) is 1.92. The molecule has 2 aromatic carbocycles. The summed E-state index contributed by atoms with van der Waals surface area (Å²) in [5.74, 6) is 0. The molecule has 0 aliphatic heterocycles. The fraction of sp³-hybridized carbons (Fsp3) is 0.444. The van der Waals surface area contributed by atoms with Crippen molar-refractivity contribution in [1.82, 2.24) is 0 Å². The third-order valence-electron chi connectivity index (χ3n) is 3.10. The van der Waals surface area contributed by atoms with E-state index in [1.165, 1.54) is 49.7 Å². The van der Waals surface area contributed by atoms with Gasteiger partial charge in [-0.1, -0.05) is 52.4 Å². The Labute approximate surface area is 156 Å². The molecule has 0 aliphatic rings. The summed E-state index contributed by atoms with van der Waals surface area (Å²) in [6, 6.07) is 17.2. The van der Waals surface area contributed by atoms with Crippen LogP contribution in [0.5, 0.6) is 0 Å². The zero-order valence-electron chi connectivity index (χ0n) is 12.6. The van der Waals surface area contributed by atoms with Gasteiger partial charge in [0, 0.05) is 0 Å². The van der Waals surface area contributed by atoms with Crippen LogP contribution >= 0.6 is 0 Å². The van der Waals surface area contributed by atoms with Crippen LogP contribution in [0.3, 0.4) is 0 Å². The van der Waals surface area contributed by atoms with Crippen molar-refractivity contribution in [2.24, 2.45) is 0 Å². The zero-order valence-corrected chi connectivity index (χ0v) is 16.0. The molecule has 2 rings (SSSR count). The summed E-state index contributed by atoms with van der Waals surface area (Å²) in [6.07, 6.45) is 7.75. The van der Waals surface area contributed by atoms with Crippen LogP contribution in [0.1, 0.15) is 50.7 Å². The number of aryl methyl sites for hydroxylation is 2. The number of hydrogen-bond acceptors (Lipinski definition) is 0. The largest absolute Gasteiger partial charge is 2.00 e. The Morgan fingerprint density at radius 1 is 0.632 bits per heavy atom. The number of rotatable bonds is 6. The molecular formula is C18H26Sr. The average Bonchev–Trinajstić information content (AvgIpc) is 3.07. The van der Waals surface area contributed by atoms with Gasteiger partial charge in [-0.3, -0.25) is 0 Å². The Morgan fingerprint density at radius 2 is 0.947 bits per heavy atom. The minimum absolute atomic E-state index is 0. The first-order valence-electron chi connectivity index (χ1n) is 7.28. The molecule has 0 N–H and O–H groups in total. The molecule has 0 unspecified atom stereocenters. The van der Waals surface area contributed by atoms with E-state index in [1.807, 2.05) is 0 Å². The van der Waals surface area contributed by atoms with Gasteiger partial charge in [0.25, 0.3) is 0 Å². The third kappa shape index (κ3) is 9.67. The van der Waals surface area contributed by atoms with E-state index in [0.29, 0.717) is 0 Å². The molecule has 2 aromatic rings. The quantitative estimate of drug-likeness (QED) is 0.510. The smallest absolute Gasteiger partial charge is 0.213 e. The second-order valence-electron chi connectivity index (χ2n) is 4.79. The van der Waals surface area contributed by atoms with Crippen LogP contribution in [0.25, 0.3) is 0 Å². The minimum atomic E-state index is 0. The Morgan fingerprint density at radius 3 is 1.21 bits per heavy atom. The second-order valence-corrected chi connectivity index (χ2v) is 4.79. The van der Waals surface area contributed by atoms with E-state index in [1.54, 1.807) is 0 Å². The first kappa shape index (κ1) is 19.2. The molecule has 0 fully saturated rings. The van der Waals surface area contributed by atoms with Crippen LogP contribution in [-0.2, 0) is 12.8 Å². The van der Waals surface area contributed by atoms with Gasteiger partial charge >= 0.3 is 45.5 Å². The Bertz CT molecular complexity index is 318. The zero-order chi connectivity index (χ0) is 13.1. The molecule has 0 atom stereocenters. The van der Waals surface area contributed by atoms with Gasteiger partial charge in [0.05, 0.1) is 0 Å². The predicted octanol–water partition coefficient (Wildman–Crippen LogP) is 5.12. The summed E-state index contributed by atoms with van der Waals surface area (Å²) in [5, 5.41) is 0. The molecule has 0 heterocycles. The van der Waals surface area contributed by atoms with Crippen LogP contribution in [0.4, 0.5) is 0 Å².